The van der Waals surface area contributed by atoms with Crippen molar-refractivity contribution in [1.82, 2.24) is 15.3 Å². The fourth-order valence-corrected chi connectivity index (χ4v) is 3.71. The standard InChI is InChI=1S/C13H15N3O2S2/c17-11(14-6-9-2-1-4-18-9)7-20-13-10-3-5-19-12(10)15-8-16-13/h3,5,8-9H,1-2,4,6-7H2,(H,14,17)/t9-/m1/s1. The first-order valence-corrected chi connectivity index (χ1v) is 8.39. The van der Waals surface area contributed by atoms with Crippen molar-refractivity contribution in [3.8, 4) is 0 Å². The van der Waals surface area contributed by atoms with E-state index in [2.05, 4.69) is 15.3 Å². The SMILES string of the molecule is O=C(CSc1ncnc2sccc12)NC[C@H]1CCCO1. The average molecular weight is 309 g/mol. The summed E-state index contributed by atoms with van der Waals surface area (Å²) in [6, 6.07) is 1.99. The Morgan fingerprint density at radius 3 is 3.35 bits per heavy atom. The van der Waals surface area contributed by atoms with Crippen molar-refractivity contribution in [3.63, 3.8) is 0 Å². The summed E-state index contributed by atoms with van der Waals surface area (Å²) in [7, 11) is 0. The summed E-state index contributed by atoms with van der Waals surface area (Å²) in [6.45, 7) is 1.42. The lowest BCUT2D eigenvalue weighted by Gasteiger charge is -2.10. The number of aromatic nitrogens is 2. The molecule has 0 radical (unpaired) electrons. The predicted molar refractivity (Wildman–Crippen MR) is 80.1 cm³/mol. The maximum atomic E-state index is 11.8. The van der Waals surface area contributed by atoms with Crippen LogP contribution in [-0.2, 0) is 9.53 Å². The summed E-state index contributed by atoms with van der Waals surface area (Å²) in [5.74, 6) is 0.391. The van der Waals surface area contributed by atoms with Crippen LogP contribution in [-0.4, -0.2) is 40.9 Å². The zero-order chi connectivity index (χ0) is 13.8. The van der Waals surface area contributed by atoms with Crippen LogP contribution in [0.2, 0.25) is 0 Å². The third-order valence-corrected chi connectivity index (χ3v) is 4.94. The molecule has 2 aromatic rings. The number of fused-ring (bicyclic) bond motifs is 1. The molecular formula is C13H15N3O2S2. The lowest BCUT2D eigenvalue weighted by atomic mass is 10.2. The highest BCUT2D eigenvalue weighted by Crippen LogP contribution is 2.27. The molecule has 106 valence electrons. The maximum absolute atomic E-state index is 11.8. The summed E-state index contributed by atoms with van der Waals surface area (Å²) in [5, 5.41) is 6.79. The molecule has 20 heavy (non-hydrogen) atoms. The zero-order valence-corrected chi connectivity index (χ0v) is 12.5. The Labute approximate surface area is 125 Å². The van der Waals surface area contributed by atoms with E-state index < -0.39 is 0 Å². The topological polar surface area (TPSA) is 64.1 Å². The first-order chi connectivity index (χ1) is 9.83. The number of ether oxygens (including phenoxy) is 1. The molecule has 3 heterocycles. The number of nitrogens with zero attached hydrogens (tertiary/aromatic N) is 2. The second-order valence-electron chi connectivity index (χ2n) is 4.55. The van der Waals surface area contributed by atoms with Gasteiger partial charge < -0.3 is 10.1 Å². The number of rotatable bonds is 5. The average Bonchev–Trinajstić information content (AvgIpc) is 3.13. The van der Waals surface area contributed by atoms with E-state index in [1.54, 1.807) is 17.7 Å². The largest absolute Gasteiger partial charge is 0.376 e. The Kier molecular flexibility index (Phi) is 4.49. The van der Waals surface area contributed by atoms with Gasteiger partial charge in [-0.15, -0.1) is 11.3 Å². The lowest BCUT2D eigenvalue weighted by molar-refractivity contribution is -0.119. The van der Waals surface area contributed by atoms with Gasteiger partial charge in [0.05, 0.1) is 11.9 Å². The highest BCUT2D eigenvalue weighted by Gasteiger charge is 2.16. The van der Waals surface area contributed by atoms with Gasteiger partial charge in [0.1, 0.15) is 16.2 Å². The molecule has 7 heteroatoms. The van der Waals surface area contributed by atoms with E-state index in [4.69, 9.17) is 4.74 Å². The molecule has 3 rings (SSSR count). The minimum atomic E-state index is 0.0208. The highest BCUT2D eigenvalue weighted by molar-refractivity contribution is 8.00. The van der Waals surface area contributed by atoms with Crippen molar-refractivity contribution < 1.29 is 9.53 Å². The van der Waals surface area contributed by atoms with Gasteiger partial charge in [-0.3, -0.25) is 4.79 Å². The molecule has 2 aromatic heterocycles. The van der Waals surface area contributed by atoms with E-state index in [-0.39, 0.29) is 12.0 Å². The third-order valence-electron chi connectivity index (χ3n) is 3.12. The van der Waals surface area contributed by atoms with Gasteiger partial charge >= 0.3 is 0 Å². The minimum absolute atomic E-state index is 0.0208. The van der Waals surface area contributed by atoms with E-state index in [1.807, 2.05) is 11.4 Å². The molecule has 1 saturated heterocycles. The molecule has 1 N–H and O–H groups in total. The third kappa shape index (κ3) is 3.28. The van der Waals surface area contributed by atoms with Gasteiger partial charge in [0, 0.05) is 18.5 Å². The first kappa shape index (κ1) is 13.8. The van der Waals surface area contributed by atoms with Gasteiger partial charge in [-0.25, -0.2) is 9.97 Å². The number of amides is 1. The maximum Gasteiger partial charge on any atom is 0.230 e. The van der Waals surface area contributed by atoms with Gasteiger partial charge in [0.15, 0.2) is 0 Å². The Morgan fingerprint density at radius 1 is 1.55 bits per heavy atom. The van der Waals surface area contributed by atoms with Gasteiger partial charge in [-0.2, -0.15) is 0 Å². The molecule has 1 aliphatic rings. The van der Waals surface area contributed by atoms with Crippen molar-refractivity contribution in [1.29, 1.82) is 0 Å². The highest BCUT2D eigenvalue weighted by atomic mass is 32.2. The Bertz CT molecular complexity index is 596. The van der Waals surface area contributed by atoms with Gasteiger partial charge in [0.25, 0.3) is 0 Å². The fourth-order valence-electron chi connectivity index (χ4n) is 2.10. The zero-order valence-electron chi connectivity index (χ0n) is 10.9. The van der Waals surface area contributed by atoms with Crippen molar-refractivity contribution in [2.45, 2.75) is 24.0 Å². The van der Waals surface area contributed by atoms with Crippen molar-refractivity contribution in [3.05, 3.63) is 17.8 Å². The molecule has 5 nitrogen and oxygen atoms in total. The van der Waals surface area contributed by atoms with Crippen molar-refractivity contribution in [2.75, 3.05) is 18.9 Å². The molecule has 0 spiro atoms. The summed E-state index contributed by atoms with van der Waals surface area (Å²) in [6.07, 6.45) is 3.86. The Balaban J connectivity index is 1.51. The molecule has 1 fully saturated rings. The Morgan fingerprint density at radius 2 is 2.50 bits per heavy atom. The fraction of sp³-hybridized carbons (Fsp3) is 0.462. The lowest BCUT2D eigenvalue weighted by Crippen LogP contribution is -2.32. The van der Waals surface area contributed by atoms with Gasteiger partial charge in [0.2, 0.25) is 5.91 Å². The number of thioether (sulfide) groups is 1. The number of hydrogen-bond acceptors (Lipinski definition) is 6. The molecule has 0 aromatic carbocycles. The number of hydrogen-bond donors (Lipinski definition) is 1. The Hall–Kier alpha value is -1.18. The number of nitrogens with one attached hydrogen (secondary N) is 1. The monoisotopic (exact) mass is 309 g/mol. The minimum Gasteiger partial charge on any atom is -0.376 e. The van der Waals surface area contributed by atoms with Crippen LogP contribution in [0.1, 0.15) is 12.8 Å². The number of carbonyl (C=O) groups excluding carboxylic acids is 1. The quantitative estimate of drug-likeness (QED) is 0.677. The molecule has 0 saturated carbocycles. The second-order valence-corrected chi connectivity index (χ2v) is 6.40. The molecule has 0 aliphatic carbocycles. The molecule has 1 atom stereocenters. The summed E-state index contributed by atoms with van der Waals surface area (Å²) in [4.78, 5) is 21.2. The van der Waals surface area contributed by atoms with E-state index in [9.17, 15) is 4.79 Å². The molecule has 0 unspecified atom stereocenters. The van der Waals surface area contributed by atoms with E-state index in [0.29, 0.717) is 12.3 Å². The van der Waals surface area contributed by atoms with Crippen LogP contribution in [0.3, 0.4) is 0 Å². The first-order valence-electron chi connectivity index (χ1n) is 6.52. The van der Waals surface area contributed by atoms with Crippen LogP contribution in [0, 0.1) is 0 Å². The summed E-state index contributed by atoms with van der Waals surface area (Å²) < 4.78 is 5.47. The molecule has 1 aliphatic heterocycles. The van der Waals surface area contributed by atoms with Crippen LogP contribution >= 0.6 is 23.1 Å². The smallest absolute Gasteiger partial charge is 0.230 e. The van der Waals surface area contributed by atoms with Crippen molar-refractivity contribution in [2.24, 2.45) is 0 Å². The van der Waals surface area contributed by atoms with Crippen molar-refractivity contribution >= 4 is 39.2 Å². The second kappa shape index (κ2) is 6.51. The summed E-state index contributed by atoms with van der Waals surface area (Å²) >= 11 is 3.03. The molecule has 1 amide bonds. The van der Waals surface area contributed by atoms with Gasteiger partial charge in [-0.1, -0.05) is 11.8 Å². The van der Waals surface area contributed by atoms with Crippen LogP contribution in [0.4, 0.5) is 0 Å². The van der Waals surface area contributed by atoms with E-state index in [1.165, 1.54) is 11.8 Å². The predicted octanol–water partition coefficient (Wildman–Crippen LogP) is 2.08. The molecule has 0 bridgehead atoms. The van der Waals surface area contributed by atoms with Crippen LogP contribution in [0.5, 0.6) is 0 Å². The van der Waals surface area contributed by atoms with E-state index in [0.717, 1.165) is 34.7 Å². The van der Waals surface area contributed by atoms with Crippen LogP contribution in [0.15, 0.2) is 22.8 Å². The molecular weight excluding hydrogens is 294 g/mol. The summed E-state index contributed by atoms with van der Waals surface area (Å²) in [5.41, 5.74) is 0. The van der Waals surface area contributed by atoms with E-state index >= 15 is 0 Å². The van der Waals surface area contributed by atoms with Gasteiger partial charge in [-0.05, 0) is 24.3 Å². The number of carbonyl (C=O) groups is 1. The number of thiophene rings is 1. The van der Waals surface area contributed by atoms with Crippen LogP contribution in [0.25, 0.3) is 10.2 Å². The normalized spacial score (nSPS) is 18.5. The van der Waals surface area contributed by atoms with Crippen LogP contribution < -0.4 is 5.32 Å².